The molecule has 0 saturated heterocycles. The summed E-state index contributed by atoms with van der Waals surface area (Å²) in [6, 6.07) is 3.33. The van der Waals surface area contributed by atoms with E-state index in [2.05, 4.69) is 15.0 Å². The van der Waals surface area contributed by atoms with E-state index in [1.54, 1.807) is 12.1 Å². The molecule has 2 heterocycles. The first-order valence-electron chi connectivity index (χ1n) is 4.12. The molecule has 3 nitrogen and oxygen atoms in total. The zero-order valence-electron chi connectivity index (χ0n) is 7.69. The lowest BCUT2D eigenvalue weighted by Crippen LogP contribution is -1.91. The van der Waals surface area contributed by atoms with Crippen molar-refractivity contribution in [1.29, 1.82) is 0 Å². The van der Waals surface area contributed by atoms with Gasteiger partial charge in [0.05, 0.1) is 11.2 Å². The number of pyridine rings is 1. The Hall–Kier alpha value is -0.910. The summed E-state index contributed by atoms with van der Waals surface area (Å²) < 4.78 is 13.3. The summed E-state index contributed by atoms with van der Waals surface area (Å²) in [7, 11) is 0. The Morgan fingerprint density at radius 3 is 2.62 bits per heavy atom. The molecule has 16 heavy (non-hydrogen) atoms. The largest absolute Gasteiger partial charge is 0.248 e. The molecule has 0 unspecified atom stereocenters. The van der Waals surface area contributed by atoms with Gasteiger partial charge in [0.25, 0.3) is 0 Å². The van der Waals surface area contributed by atoms with Crippen molar-refractivity contribution in [2.24, 2.45) is 0 Å². The van der Waals surface area contributed by atoms with Gasteiger partial charge in [0.2, 0.25) is 5.28 Å². The number of nitrogens with zero attached hydrogens (tertiary/aromatic N) is 3. The average molecular weight is 276 g/mol. The fourth-order valence-electron chi connectivity index (χ4n) is 0.924. The van der Waals surface area contributed by atoms with Gasteiger partial charge in [-0.2, -0.15) is 0 Å². The van der Waals surface area contributed by atoms with E-state index in [9.17, 15) is 4.39 Å². The van der Waals surface area contributed by atoms with E-state index in [0.717, 1.165) is 18.0 Å². The Balaban J connectivity index is 2.26. The van der Waals surface area contributed by atoms with E-state index in [-0.39, 0.29) is 10.3 Å². The van der Waals surface area contributed by atoms with Crippen molar-refractivity contribution < 1.29 is 4.39 Å². The quantitative estimate of drug-likeness (QED) is 0.622. The summed E-state index contributed by atoms with van der Waals surface area (Å²) >= 11 is 12.3. The Morgan fingerprint density at radius 1 is 1.12 bits per heavy atom. The van der Waals surface area contributed by atoms with Crippen molar-refractivity contribution in [3.63, 3.8) is 0 Å². The van der Waals surface area contributed by atoms with Crippen LogP contribution in [-0.2, 0) is 0 Å². The first-order chi connectivity index (χ1) is 7.65. The van der Waals surface area contributed by atoms with Crippen LogP contribution < -0.4 is 0 Å². The van der Waals surface area contributed by atoms with Crippen LogP contribution in [0, 0.1) is 5.82 Å². The van der Waals surface area contributed by atoms with Gasteiger partial charge in [-0.15, -0.1) is 0 Å². The molecule has 0 fully saturated rings. The highest BCUT2D eigenvalue weighted by Crippen LogP contribution is 2.27. The summed E-state index contributed by atoms with van der Waals surface area (Å²) in [5.41, 5.74) is 0. The second-order valence-electron chi connectivity index (χ2n) is 2.71. The van der Waals surface area contributed by atoms with Crippen LogP contribution in [0.25, 0.3) is 0 Å². The smallest absolute Gasteiger partial charge is 0.223 e. The zero-order chi connectivity index (χ0) is 11.5. The van der Waals surface area contributed by atoms with Crippen LogP contribution in [-0.4, -0.2) is 15.0 Å². The molecule has 0 spiro atoms. The van der Waals surface area contributed by atoms with Crippen LogP contribution in [0.3, 0.4) is 0 Å². The summed E-state index contributed by atoms with van der Waals surface area (Å²) in [5, 5.41) is 1.23. The van der Waals surface area contributed by atoms with Crippen molar-refractivity contribution in [3.8, 4) is 0 Å². The lowest BCUT2D eigenvalue weighted by Gasteiger charge is -2.01. The maximum absolute atomic E-state index is 13.3. The fourth-order valence-corrected chi connectivity index (χ4v) is 1.94. The van der Waals surface area contributed by atoms with E-state index in [1.807, 2.05) is 0 Å². The molecule has 0 aliphatic heterocycles. The van der Waals surface area contributed by atoms with Crippen molar-refractivity contribution in [3.05, 3.63) is 40.6 Å². The predicted molar refractivity (Wildman–Crippen MR) is 60.4 cm³/mol. The van der Waals surface area contributed by atoms with E-state index >= 15 is 0 Å². The normalized spacial score (nSPS) is 10.4. The van der Waals surface area contributed by atoms with Crippen LogP contribution in [0.5, 0.6) is 0 Å². The number of hydrogen-bond donors (Lipinski definition) is 0. The molecule has 0 saturated carbocycles. The van der Waals surface area contributed by atoms with Gasteiger partial charge in [-0.1, -0.05) is 11.6 Å². The molecule has 0 N–H and O–H groups in total. The Kier molecular flexibility index (Phi) is 3.58. The number of halogens is 3. The molecule has 0 radical (unpaired) electrons. The van der Waals surface area contributed by atoms with Crippen molar-refractivity contribution in [1.82, 2.24) is 15.0 Å². The van der Waals surface area contributed by atoms with Gasteiger partial charge in [0.1, 0.15) is 10.1 Å². The van der Waals surface area contributed by atoms with Crippen LogP contribution >= 0.6 is 35.0 Å². The maximum atomic E-state index is 13.3. The first-order valence-corrected chi connectivity index (χ1v) is 5.70. The summed E-state index contributed by atoms with van der Waals surface area (Å²) in [5.74, 6) is -0.536. The molecular weight excluding hydrogens is 272 g/mol. The predicted octanol–water partition coefficient (Wildman–Crippen LogP) is 3.47. The van der Waals surface area contributed by atoms with E-state index in [0.29, 0.717) is 10.0 Å². The summed E-state index contributed by atoms with van der Waals surface area (Å²) in [6.07, 6.45) is 2.50. The van der Waals surface area contributed by atoms with E-state index in [1.165, 1.54) is 6.20 Å². The van der Waals surface area contributed by atoms with E-state index < -0.39 is 5.82 Å². The summed E-state index contributed by atoms with van der Waals surface area (Å²) in [6.45, 7) is 0. The topological polar surface area (TPSA) is 38.7 Å². The zero-order valence-corrected chi connectivity index (χ0v) is 10.0. The molecule has 0 bridgehead atoms. The molecule has 82 valence electrons. The Labute approximate surface area is 105 Å². The van der Waals surface area contributed by atoms with Crippen LogP contribution in [0.4, 0.5) is 4.39 Å². The van der Waals surface area contributed by atoms with E-state index in [4.69, 9.17) is 23.2 Å². The molecule has 0 aliphatic rings. The van der Waals surface area contributed by atoms with Crippen molar-refractivity contribution in [2.45, 2.75) is 10.1 Å². The third kappa shape index (κ3) is 2.81. The summed E-state index contributed by atoms with van der Waals surface area (Å²) in [4.78, 5) is 11.3. The monoisotopic (exact) mass is 275 g/mol. The Morgan fingerprint density at radius 2 is 1.94 bits per heavy atom. The molecule has 7 heteroatoms. The number of rotatable bonds is 2. The lowest BCUT2D eigenvalue weighted by atomic mass is 10.5. The minimum Gasteiger partial charge on any atom is -0.248 e. The third-order valence-electron chi connectivity index (χ3n) is 1.58. The van der Waals surface area contributed by atoms with Gasteiger partial charge in [0.15, 0.2) is 5.82 Å². The molecular formula is C9H4Cl2FN3S. The van der Waals surface area contributed by atoms with Crippen LogP contribution in [0.1, 0.15) is 0 Å². The molecule has 2 rings (SSSR count). The van der Waals surface area contributed by atoms with Gasteiger partial charge >= 0.3 is 0 Å². The second kappa shape index (κ2) is 4.95. The Bertz CT molecular complexity index is 507. The number of aromatic nitrogens is 3. The van der Waals surface area contributed by atoms with Crippen LogP contribution in [0.2, 0.25) is 10.3 Å². The number of hydrogen-bond acceptors (Lipinski definition) is 4. The first kappa shape index (κ1) is 11.6. The van der Waals surface area contributed by atoms with Gasteiger partial charge in [-0.3, -0.25) is 0 Å². The van der Waals surface area contributed by atoms with Gasteiger partial charge < -0.3 is 0 Å². The highest BCUT2D eigenvalue weighted by molar-refractivity contribution is 7.99. The SMILES string of the molecule is Fc1cnc(Cl)nc1Sc1ccc(Cl)cn1. The molecule has 0 aliphatic carbocycles. The minimum absolute atomic E-state index is 0.00198. The highest BCUT2D eigenvalue weighted by Gasteiger charge is 2.08. The maximum Gasteiger partial charge on any atom is 0.223 e. The molecule has 2 aromatic rings. The molecule has 0 amide bonds. The molecule has 0 aromatic carbocycles. The second-order valence-corrected chi connectivity index (χ2v) is 4.49. The molecule has 0 atom stereocenters. The van der Waals surface area contributed by atoms with Gasteiger partial charge in [-0.05, 0) is 35.5 Å². The van der Waals surface area contributed by atoms with Crippen LogP contribution in [0.15, 0.2) is 34.6 Å². The standard InChI is InChI=1S/C9H4Cl2FN3S/c10-5-1-2-7(13-3-5)16-8-6(12)4-14-9(11)15-8/h1-4H. The third-order valence-corrected chi connectivity index (χ3v) is 2.92. The van der Waals surface area contributed by atoms with Crippen molar-refractivity contribution in [2.75, 3.05) is 0 Å². The average Bonchev–Trinajstić information content (AvgIpc) is 2.27. The molecule has 2 aromatic heterocycles. The fraction of sp³-hybridized carbons (Fsp3) is 0. The minimum atomic E-state index is -0.536. The van der Waals surface area contributed by atoms with Gasteiger partial charge in [-0.25, -0.2) is 19.3 Å². The highest BCUT2D eigenvalue weighted by atomic mass is 35.5. The van der Waals surface area contributed by atoms with Gasteiger partial charge in [0, 0.05) is 6.20 Å². The van der Waals surface area contributed by atoms with Crippen molar-refractivity contribution >= 4 is 35.0 Å². The lowest BCUT2D eigenvalue weighted by molar-refractivity contribution is 0.579.